The lowest BCUT2D eigenvalue weighted by Gasteiger charge is -2.24. The van der Waals surface area contributed by atoms with Gasteiger partial charge in [-0.15, -0.1) is 0 Å². The SMILES string of the molecule is Cc1oc(-c2ccccc2)nc1CCOc1ccc(OC(C)(C)C(=O)O)c(Cc2ccccc2)c1. The molecule has 0 saturated carbocycles. The molecule has 0 spiro atoms. The molecule has 0 radical (unpaired) electrons. The molecule has 0 amide bonds. The van der Waals surface area contributed by atoms with Crippen molar-refractivity contribution in [1.82, 2.24) is 4.98 Å². The smallest absolute Gasteiger partial charge is 0.347 e. The van der Waals surface area contributed by atoms with Crippen molar-refractivity contribution < 1.29 is 23.8 Å². The number of aliphatic carboxylic acids is 1. The number of hydrogen-bond donors (Lipinski definition) is 1. The fraction of sp³-hybridized carbons (Fsp3) is 0.241. The number of carboxylic acids is 1. The van der Waals surface area contributed by atoms with Crippen molar-refractivity contribution in [3.05, 3.63) is 101 Å². The van der Waals surface area contributed by atoms with Crippen LogP contribution in [0.25, 0.3) is 11.5 Å². The van der Waals surface area contributed by atoms with Crippen molar-refractivity contribution in [1.29, 1.82) is 0 Å². The third-order valence-corrected chi connectivity index (χ3v) is 5.67. The van der Waals surface area contributed by atoms with Gasteiger partial charge < -0.3 is 19.0 Å². The maximum atomic E-state index is 11.6. The molecule has 4 aromatic rings. The van der Waals surface area contributed by atoms with Crippen LogP contribution in [0.4, 0.5) is 0 Å². The summed E-state index contributed by atoms with van der Waals surface area (Å²) in [4.78, 5) is 16.2. The number of aromatic nitrogens is 1. The zero-order valence-electron chi connectivity index (χ0n) is 20.2. The first kappa shape index (κ1) is 24.1. The van der Waals surface area contributed by atoms with E-state index in [1.165, 1.54) is 13.8 Å². The van der Waals surface area contributed by atoms with Crippen molar-refractivity contribution in [3.63, 3.8) is 0 Å². The first-order chi connectivity index (χ1) is 16.8. The molecular formula is C29H29NO5. The molecule has 0 unspecified atom stereocenters. The zero-order valence-corrected chi connectivity index (χ0v) is 20.2. The van der Waals surface area contributed by atoms with Crippen LogP contribution < -0.4 is 9.47 Å². The second kappa shape index (κ2) is 10.5. The predicted octanol–water partition coefficient (Wildman–Crippen LogP) is 6.10. The molecule has 0 bridgehead atoms. The summed E-state index contributed by atoms with van der Waals surface area (Å²) in [5, 5.41) is 9.50. The summed E-state index contributed by atoms with van der Waals surface area (Å²) in [5.41, 5.74) is 2.39. The second-order valence-electron chi connectivity index (χ2n) is 8.84. The number of aryl methyl sites for hydroxylation is 1. The van der Waals surface area contributed by atoms with E-state index in [1.54, 1.807) is 12.1 Å². The van der Waals surface area contributed by atoms with Crippen molar-refractivity contribution >= 4 is 5.97 Å². The number of carboxylic acid groups (broad SMARTS) is 1. The Morgan fingerprint density at radius 3 is 2.37 bits per heavy atom. The van der Waals surface area contributed by atoms with Crippen LogP contribution in [0.5, 0.6) is 11.5 Å². The van der Waals surface area contributed by atoms with Gasteiger partial charge in [0.1, 0.15) is 17.3 Å². The van der Waals surface area contributed by atoms with Gasteiger partial charge in [-0.25, -0.2) is 9.78 Å². The summed E-state index contributed by atoms with van der Waals surface area (Å²) in [7, 11) is 0. The Kier molecular flexibility index (Phi) is 7.20. The van der Waals surface area contributed by atoms with Crippen LogP contribution >= 0.6 is 0 Å². The maximum Gasteiger partial charge on any atom is 0.347 e. The van der Waals surface area contributed by atoms with E-state index in [2.05, 4.69) is 4.98 Å². The minimum absolute atomic E-state index is 0.424. The van der Waals surface area contributed by atoms with E-state index in [1.807, 2.05) is 73.7 Å². The number of nitrogens with zero attached hydrogens (tertiary/aromatic N) is 1. The zero-order chi connectivity index (χ0) is 24.8. The van der Waals surface area contributed by atoms with Gasteiger partial charge in [0, 0.05) is 24.0 Å². The average Bonchev–Trinajstić information content (AvgIpc) is 3.22. The molecule has 6 nitrogen and oxygen atoms in total. The molecule has 180 valence electrons. The van der Waals surface area contributed by atoms with Gasteiger partial charge in [0.25, 0.3) is 0 Å². The fourth-order valence-corrected chi connectivity index (χ4v) is 3.65. The highest BCUT2D eigenvalue weighted by molar-refractivity contribution is 5.76. The van der Waals surface area contributed by atoms with E-state index < -0.39 is 11.6 Å². The molecule has 1 N–H and O–H groups in total. The molecule has 35 heavy (non-hydrogen) atoms. The molecular weight excluding hydrogens is 442 g/mol. The molecule has 0 aliphatic rings. The van der Waals surface area contributed by atoms with Crippen molar-refractivity contribution in [2.45, 2.75) is 39.2 Å². The van der Waals surface area contributed by atoms with E-state index in [4.69, 9.17) is 13.9 Å². The number of carbonyl (C=O) groups is 1. The van der Waals surface area contributed by atoms with Crippen LogP contribution in [0.1, 0.15) is 36.4 Å². The quantitative estimate of drug-likeness (QED) is 0.301. The van der Waals surface area contributed by atoms with Crippen molar-refractivity contribution in [2.75, 3.05) is 6.61 Å². The van der Waals surface area contributed by atoms with Crippen LogP contribution in [0.2, 0.25) is 0 Å². The summed E-state index contributed by atoms with van der Waals surface area (Å²) < 4.78 is 17.8. The van der Waals surface area contributed by atoms with Gasteiger partial charge in [0.2, 0.25) is 5.89 Å². The maximum absolute atomic E-state index is 11.6. The summed E-state index contributed by atoms with van der Waals surface area (Å²) in [6.07, 6.45) is 1.19. The Bertz CT molecular complexity index is 1280. The van der Waals surface area contributed by atoms with E-state index in [0.717, 1.165) is 28.1 Å². The Hall–Kier alpha value is -4.06. The lowest BCUT2D eigenvalue weighted by Crippen LogP contribution is -2.38. The molecule has 4 rings (SSSR count). The molecule has 3 aromatic carbocycles. The van der Waals surface area contributed by atoms with Gasteiger partial charge in [-0.05, 0) is 56.7 Å². The Balaban J connectivity index is 1.48. The standard InChI is InChI=1S/C29H29NO5/c1-20-25(30-27(34-20)22-12-8-5-9-13-22)16-17-33-24-14-15-26(35-29(2,3)28(31)32)23(19-24)18-21-10-6-4-7-11-21/h4-15,19H,16-18H2,1-3H3,(H,31,32). The summed E-state index contributed by atoms with van der Waals surface area (Å²) in [6, 6.07) is 25.2. The largest absolute Gasteiger partial charge is 0.493 e. The molecule has 0 fully saturated rings. The highest BCUT2D eigenvalue weighted by atomic mass is 16.5. The Morgan fingerprint density at radius 1 is 1.00 bits per heavy atom. The highest BCUT2D eigenvalue weighted by Crippen LogP contribution is 2.30. The molecule has 0 atom stereocenters. The first-order valence-corrected chi connectivity index (χ1v) is 11.6. The van der Waals surface area contributed by atoms with Crippen LogP contribution in [0.15, 0.2) is 83.3 Å². The van der Waals surface area contributed by atoms with Gasteiger partial charge in [0.15, 0.2) is 5.60 Å². The second-order valence-corrected chi connectivity index (χ2v) is 8.84. The van der Waals surface area contributed by atoms with E-state index in [0.29, 0.717) is 36.8 Å². The highest BCUT2D eigenvalue weighted by Gasteiger charge is 2.30. The van der Waals surface area contributed by atoms with Gasteiger partial charge in [-0.2, -0.15) is 0 Å². The van der Waals surface area contributed by atoms with Crippen LogP contribution in [0, 0.1) is 6.92 Å². The fourth-order valence-electron chi connectivity index (χ4n) is 3.65. The molecule has 1 heterocycles. The van der Waals surface area contributed by atoms with Crippen molar-refractivity contribution in [2.24, 2.45) is 0 Å². The van der Waals surface area contributed by atoms with E-state index >= 15 is 0 Å². The van der Waals surface area contributed by atoms with E-state index in [-0.39, 0.29) is 0 Å². The van der Waals surface area contributed by atoms with Crippen molar-refractivity contribution in [3.8, 4) is 23.0 Å². The molecule has 0 aliphatic carbocycles. The average molecular weight is 472 g/mol. The Morgan fingerprint density at radius 2 is 1.69 bits per heavy atom. The lowest BCUT2D eigenvalue weighted by molar-refractivity contribution is -0.152. The van der Waals surface area contributed by atoms with E-state index in [9.17, 15) is 9.90 Å². The van der Waals surface area contributed by atoms with Crippen LogP contribution in [-0.2, 0) is 17.6 Å². The first-order valence-electron chi connectivity index (χ1n) is 11.6. The summed E-state index contributed by atoms with van der Waals surface area (Å²) in [5.74, 6) is 1.55. The predicted molar refractivity (Wildman–Crippen MR) is 134 cm³/mol. The van der Waals surface area contributed by atoms with Crippen LogP contribution in [-0.4, -0.2) is 28.3 Å². The minimum Gasteiger partial charge on any atom is -0.493 e. The number of benzene rings is 3. The molecule has 6 heteroatoms. The molecule has 0 aliphatic heterocycles. The number of rotatable bonds is 10. The third kappa shape index (κ3) is 6.09. The summed E-state index contributed by atoms with van der Waals surface area (Å²) >= 11 is 0. The minimum atomic E-state index is -1.35. The number of oxazole rings is 1. The topological polar surface area (TPSA) is 81.8 Å². The Labute approximate surface area is 205 Å². The third-order valence-electron chi connectivity index (χ3n) is 5.67. The number of ether oxygens (including phenoxy) is 2. The monoisotopic (exact) mass is 471 g/mol. The summed E-state index contributed by atoms with van der Waals surface area (Å²) in [6.45, 7) is 5.41. The van der Waals surface area contributed by atoms with Gasteiger partial charge in [-0.1, -0.05) is 48.5 Å². The van der Waals surface area contributed by atoms with Gasteiger partial charge in [0.05, 0.1) is 12.3 Å². The number of hydrogen-bond acceptors (Lipinski definition) is 5. The lowest BCUT2D eigenvalue weighted by atomic mass is 10.0. The molecule has 1 aromatic heterocycles. The normalized spacial score (nSPS) is 11.3. The molecule has 0 saturated heterocycles. The van der Waals surface area contributed by atoms with Gasteiger partial charge >= 0.3 is 5.97 Å². The van der Waals surface area contributed by atoms with Gasteiger partial charge in [-0.3, -0.25) is 0 Å². The van der Waals surface area contributed by atoms with Crippen LogP contribution in [0.3, 0.4) is 0 Å².